The Bertz CT molecular complexity index is 2250. The molecule has 0 atom stereocenters. The number of hydrogen-bond donors (Lipinski definition) is 1. The molecule has 0 saturated heterocycles. The summed E-state index contributed by atoms with van der Waals surface area (Å²) in [5.74, 6) is 0. The Morgan fingerprint density at radius 2 is 1.68 bits per heavy atom. The van der Waals surface area contributed by atoms with E-state index in [4.69, 9.17) is 11.6 Å². The average molecular weight is 690 g/mol. The smallest absolute Gasteiger partial charge is 0.355 e. The fraction of sp³-hybridized carbons (Fsp3) is 0.139. The van der Waals surface area contributed by atoms with Gasteiger partial charge in [-0.15, -0.1) is 11.3 Å². The monoisotopic (exact) mass is 689 g/mol. The number of rotatable bonds is 8. The molecule has 0 radical (unpaired) electrons. The normalized spacial score (nSPS) is 12.6. The molecule has 1 heterocycles. The van der Waals surface area contributed by atoms with Crippen LogP contribution in [0.3, 0.4) is 0 Å². The Labute approximate surface area is 279 Å². The van der Waals surface area contributed by atoms with Crippen LogP contribution in [0.4, 0.5) is 30.2 Å². The molecule has 0 spiro atoms. The Morgan fingerprint density at radius 1 is 0.915 bits per heavy atom. The van der Waals surface area contributed by atoms with Gasteiger partial charge in [-0.2, -0.15) is 13.2 Å². The number of sulfonamides is 1. The van der Waals surface area contributed by atoms with E-state index in [1.165, 1.54) is 17.7 Å². The first-order valence-electron chi connectivity index (χ1n) is 14.8. The van der Waals surface area contributed by atoms with Gasteiger partial charge in [-0.25, -0.2) is 13.4 Å². The van der Waals surface area contributed by atoms with E-state index >= 15 is 0 Å². The van der Waals surface area contributed by atoms with E-state index < -0.39 is 21.8 Å². The number of anilines is 3. The number of thiazole rings is 1. The lowest BCUT2D eigenvalue weighted by Crippen LogP contribution is -2.33. The van der Waals surface area contributed by atoms with E-state index in [9.17, 15) is 21.6 Å². The lowest BCUT2D eigenvalue weighted by Gasteiger charge is -2.27. The first-order chi connectivity index (χ1) is 22.5. The predicted octanol–water partition coefficient (Wildman–Crippen LogP) is 10.0. The maximum Gasteiger partial charge on any atom is 0.416 e. The minimum atomic E-state index is -4.69. The summed E-state index contributed by atoms with van der Waals surface area (Å²) in [6, 6.07) is 28.5. The fourth-order valence-corrected chi connectivity index (χ4v) is 8.66. The molecule has 0 fully saturated rings. The fourth-order valence-electron chi connectivity index (χ4n) is 6.08. The zero-order chi connectivity index (χ0) is 32.9. The van der Waals surface area contributed by atoms with E-state index in [0.29, 0.717) is 6.42 Å². The summed E-state index contributed by atoms with van der Waals surface area (Å²) in [4.78, 5) is 4.58. The third-order valence-corrected chi connectivity index (χ3v) is 11.4. The predicted molar refractivity (Wildman–Crippen MR) is 183 cm³/mol. The van der Waals surface area contributed by atoms with Crippen LogP contribution >= 0.6 is 22.9 Å². The Hall–Kier alpha value is -4.38. The molecule has 47 heavy (non-hydrogen) atoms. The quantitative estimate of drug-likeness (QED) is 0.173. The van der Waals surface area contributed by atoms with Gasteiger partial charge in [-0.1, -0.05) is 66.2 Å². The van der Waals surface area contributed by atoms with Gasteiger partial charge >= 0.3 is 6.18 Å². The lowest BCUT2D eigenvalue weighted by molar-refractivity contribution is -0.137. The van der Waals surface area contributed by atoms with E-state index in [1.807, 2.05) is 49.4 Å². The summed E-state index contributed by atoms with van der Waals surface area (Å²) in [6.45, 7) is 1.80. The molecule has 0 saturated carbocycles. The van der Waals surface area contributed by atoms with Crippen LogP contribution in [0.25, 0.3) is 21.3 Å². The SMILES string of the molecule is Cc1nc2cc(Nc3c(CCN(c4cc(C(F)(F)F)ccc4Cl)S(=O)(=O)c4ccccc4)ccc4c3Cc3ccccc3-4)ccc2s1. The number of aromatic nitrogens is 1. The van der Waals surface area contributed by atoms with Crippen molar-refractivity contribution >= 4 is 60.2 Å². The summed E-state index contributed by atoms with van der Waals surface area (Å²) in [6.07, 6.45) is -3.83. The van der Waals surface area contributed by atoms with Gasteiger partial charge in [0.2, 0.25) is 0 Å². The number of fused-ring (bicyclic) bond motifs is 4. The first kappa shape index (κ1) is 31.2. The molecule has 238 valence electrons. The topological polar surface area (TPSA) is 62.3 Å². The van der Waals surface area contributed by atoms with Gasteiger partial charge in [0.1, 0.15) is 0 Å². The number of alkyl halides is 3. The standard InChI is InChI=1S/C36H27ClF3N3O2S2/c1-22-41-32-21-26(13-16-34(32)46-22)42-35-23(11-14-29-28-10-6-5-7-24(28)19-30(29)35)17-18-43(47(44,45)27-8-3-2-4-9-27)33-20-25(36(38,39)40)12-15-31(33)37/h2-16,20-21,42H,17-19H2,1H3. The van der Waals surface area contributed by atoms with Crippen molar-refractivity contribution in [1.29, 1.82) is 0 Å². The van der Waals surface area contributed by atoms with E-state index in [2.05, 4.69) is 22.4 Å². The van der Waals surface area contributed by atoms with Crippen LogP contribution in [0.15, 0.2) is 108 Å². The molecule has 7 rings (SSSR count). The lowest BCUT2D eigenvalue weighted by atomic mass is 9.98. The summed E-state index contributed by atoms with van der Waals surface area (Å²) >= 11 is 8.05. The third kappa shape index (κ3) is 5.97. The summed E-state index contributed by atoms with van der Waals surface area (Å²) in [7, 11) is -4.30. The van der Waals surface area contributed by atoms with Crippen molar-refractivity contribution in [2.24, 2.45) is 0 Å². The second kappa shape index (κ2) is 12.0. The molecule has 1 aliphatic carbocycles. The Kier molecular flexibility index (Phi) is 7.98. The van der Waals surface area contributed by atoms with Crippen LogP contribution in [-0.4, -0.2) is 19.9 Å². The molecular weight excluding hydrogens is 663 g/mol. The number of nitrogens with zero attached hydrogens (tertiary/aromatic N) is 2. The van der Waals surface area contributed by atoms with Crippen molar-refractivity contribution in [3.05, 3.63) is 135 Å². The molecular formula is C36H27ClF3N3O2S2. The van der Waals surface area contributed by atoms with Gasteiger partial charge in [0.15, 0.2) is 0 Å². The summed E-state index contributed by atoms with van der Waals surface area (Å²) in [5.41, 5.74) is 6.55. The second-order valence-electron chi connectivity index (χ2n) is 11.3. The second-order valence-corrected chi connectivity index (χ2v) is 14.8. The number of benzene rings is 5. The van der Waals surface area contributed by atoms with Gasteiger partial charge in [0, 0.05) is 24.3 Å². The van der Waals surface area contributed by atoms with Crippen LogP contribution in [0.5, 0.6) is 0 Å². The molecule has 1 aliphatic rings. The van der Waals surface area contributed by atoms with Crippen molar-refractivity contribution < 1.29 is 21.6 Å². The Balaban J connectivity index is 1.32. The van der Waals surface area contributed by atoms with E-state index in [0.717, 1.165) is 71.4 Å². The van der Waals surface area contributed by atoms with Gasteiger partial charge < -0.3 is 5.32 Å². The number of aryl methyl sites for hydroxylation is 1. The van der Waals surface area contributed by atoms with Crippen LogP contribution in [0.2, 0.25) is 5.02 Å². The van der Waals surface area contributed by atoms with Gasteiger partial charge in [0.25, 0.3) is 10.0 Å². The number of nitrogens with one attached hydrogen (secondary N) is 1. The van der Waals surface area contributed by atoms with Crippen molar-refractivity contribution in [3.63, 3.8) is 0 Å². The first-order valence-corrected chi connectivity index (χ1v) is 17.4. The van der Waals surface area contributed by atoms with Crippen LogP contribution in [0, 0.1) is 6.92 Å². The molecule has 5 aromatic carbocycles. The van der Waals surface area contributed by atoms with Crippen molar-refractivity contribution in [2.75, 3.05) is 16.2 Å². The highest BCUT2D eigenvalue weighted by atomic mass is 35.5. The molecule has 1 N–H and O–H groups in total. The summed E-state index contributed by atoms with van der Waals surface area (Å²) in [5, 5.41) is 4.46. The molecule has 11 heteroatoms. The zero-order valence-corrected chi connectivity index (χ0v) is 27.4. The highest BCUT2D eigenvalue weighted by molar-refractivity contribution is 7.92. The van der Waals surface area contributed by atoms with Crippen molar-refractivity contribution in [3.8, 4) is 11.1 Å². The Morgan fingerprint density at radius 3 is 2.47 bits per heavy atom. The number of halogens is 4. The van der Waals surface area contributed by atoms with Gasteiger partial charge in [-0.3, -0.25) is 4.31 Å². The van der Waals surface area contributed by atoms with E-state index in [-0.39, 0.29) is 28.6 Å². The molecule has 0 unspecified atom stereocenters. The molecule has 0 aliphatic heterocycles. The zero-order valence-electron chi connectivity index (χ0n) is 25.0. The number of hydrogen-bond acceptors (Lipinski definition) is 5. The van der Waals surface area contributed by atoms with Crippen molar-refractivity contribution in [1.82, 2.24) is 4.98 Å². The minimum absolute atomic E-state index is 0.0527. The van der Waals surface area contributed by atoms with Crippen LogP contribution in [0.1, 0.15) is 27.3 Å². The average Bonchev–Trinajstić information content (AvgIpc) is 3.62. The van der Waals surface area contributed by atoms with Crippen molar-refractivity contribution in [2.45, 2.75) is 30.8 Å². The van der Waals surface area contributed by atoms with Gasteiger partial charge in [0.05, 0.1) is 36.4 Å². The highest BCUT2D eigenvalue weighted by Gasteiger charge is 2.34. The molecule has 0 bridgehead atoms. The van der Waals surface area contributed by atoms with Crippen LogP contribution < -0.4 is 9.62 Å². The third-order valence-electron chi connectivity index (χ3n) is 8.30. The molecule has 1 aromatic heterocycles. The highest BCUT2D eigenvalue weighted by Crippen LogP contribution is 2.44. The van der Waals surface area contributed by atoms with Crippen LogP contribution in [-0.2, 0) is 29.0 Å². The maximum absolute atomic E-state index is 14.1. The minimum Gasteiger partial charge on any atom is -0.355 e. The maximum atomic E-state index is 14.1. The summed E-state index contributed by atoms with van der Waals surface area (Å²) < 4.78 is 71.6. The molecule has 5 nitrogen and oxygen atoms in total. The van der Waals surface area contributed by atoms with E-state index in [1.54, 1.807) is 29.5 Å². The largest absolute Gasteiger partial charge is 0.416 e. The van der Waals surface area contributed by atoms with Gasteiger partial charge in [-0.05, 0) is 89.7 Å². The molecule has 0 amide bonds. The molecule has 6 aromatic rings.